The average Bonchev–Trinajstić information content (AvgIpc) is 2.83. The van der Waals surface area contributed by atoms with Gasteiger partial charge in [-0.2, -0.15) is 0 Å². The van der Waals surface area contributed by atoms with Crippen LogP contribution >= 0.6 is 11.3 Å². The molecule has 0 saturated carbocycles. The number of fused-ring (bicyclic) bond motifs is 1. The van der Waals surface area contributed by atoms with Gasteiger partial charge in [0.2, 0.25) is 0 Å². The molecule has 0 saturated heterocycles. The molecule has 2 heterocycles. The zero-order chi connectivity index (χ0) is 14.3. The molecule has 0 spiro atoms. The van der Waals surface area contributed by atoms with E-state index in [4.69, 9.17) is 0 Å². The van der Waals surface area contributed by atoms with E-state index in [0.717, 1.165) is 21.5 Å². The van der Waals surface area contributed by atoms with E-state index >= 15 is 0 Å². The highest BCUT2D eigenvalue weighted by Crippen LogP contribution is 2.34. The van der Waals surface area contributed by atoms with Crippen molar-refractivity contribution in [1.82, 2.24) is 9.97 Å². The lowest BCUT2D eigenvalue weighted by Gasteiger charge is -2.09. The van der Waals surface area contributed by atoms with Crippen molar-refractivity contribution >= 4 is 27.7 Å². The summed E-state index contributed by atoms with van der Waals surface area (Å²) in [4.78, 5) is 21.1. The maximum Gasteiger partial charge on any atom is 0.336 e. The number of carboxylic acids is 1. The summed E-state index contributed by atoms with van der Waals surface area (Å²) in [5.41, 5.74) is 3.46. The van der Waals surface area contributed by atoms with Gasteiger partial charge in [0, 0.05) is 11.8 Å². The molecule has 4 nitrogen and oxygen atoms in total. The summed E-state index contributed by atoms with van der Waals surface area (Å²) in [5, 5.41) is 10.2. The fourth-order valence-electron chi connectivity index (χ4n) is 2.24. The number of benzene rings is 1. The van der Waals surface area contributed by atoms with Gasteiger partial charge < -0.3 is 5.11 Å². The summed E-state index contributed by atoms with van der Waals surface area (Å²) in [5.74, 6) is -0.923. The van der Waals surface area contributed by atoms with Gasteiger partial charge in [0.15, 0.2) is 0 Å². The second-order valence-electron chi connectivity index (χ2n) is 4.60. The van der Waals surface area contributed by atoms with Crippen LogP contribution in [0.15, 0.2) is 30.5 Å². The smallest absolute Gasteiger partial charge is 0.336 e. The molecule has 0 aliphatic carbocycles. The lowest BCUT2D eigenvalue weighted by molar-refractivity contribution is 0.0697. The summed E-state index contributed by atoms with van der Waals surface area (Å²) in [7, 11) is 0. The molecule has 1 aromatic carbocycles. The van der Waals surface area contributed by atoms with Crippen molar-refractivity contribution in [2.75, 3.05) is 0 Å². The minimum absolute atomic E-state index is 0.323. The van der Waals surface area contributed by atoms with Gasteiger partial charge in [-0.15, -0.1) is 0 Å². The molecule has 1 N–H and O–H groups in total. The third-order valence-corrected chi connectivity index (χ3v) is 4.21. The molecule has 0 unspecified atom stereocenters. The zero-order valence-electron chi connectivity index (χ0n) is 11.0. The van der Waals surface area contributed by atoms with Crippen LogP contribution in [0, 0.1) is 13.8 Å². The first-order valence-corrected chi connectivity index (χ1v) is 6.95. The monoisotopic (exact) mass is 284 g/mol. The predicted molar refractivity (Wildman–Crippen MR) is 79.3 cm³/mol. The Bertz CT molecular complexity index is 791. The normalized spacial score (nSPS) is 10.9. The number of aryl methyl sites for hydroxylation is 2. The van der Waals surface area contributed by atoms with Gasteiger partial charge in [-0.05, 0) is 37.1 Å². The van der Waals surface area contributed by atoms with Gasteiger partial charge >= 0.3 is 5.97 Å². The molecular formula is C15H12N2O2S. The van der Waals surface area contributed by atoms with Gasteiger partial charge in [0.25, 0.3) is 0 Å². The highest BCUT2D eigenvalue weighted by molar-refractivity contribution is 7.21. The second kappa shape index (κ2) is 4.68. The number of rotatable bonds is 2. The predicted octanol–water partition coefficient (Wildman–Crippen LogP) is 3.67. The van der Waals surface area contributed by atoms with E-state index < -0.39 is 5.97 Å². The van der Waals surface area contributed by atoms with Crippen LogP contribution in [-0.4, -0.2) is 21.0 Å². The molecule has 0 fully saturated rings. The number of hydrogen-bond donors (Lipinski definition) is 1. The number of thiazole rings is 1. The molecule has 0 bridgehead atoms. The SMILES string of the molecule is Cc1ccc(C)c(-c2nc3cccnc3s2)c1C(=O)O. The van der Waals surface area contributed by atoms with Crippen molar-refractivity contribution in [3.05, 3.63) is 47.2 Å². The lowest BCUT2D eigenvalue weighted by atomic mass is 9.98. The van der Waals surface area contributed by atoms with Gasteiger partial charge in [-0.1, -0.05) is 23.5 Å². The minimum Gasteiger partial charge on any atom is -0.478 e. The Morgan fingerprint density at radius 2 is 1.95 bits per heavy atom. The van der Waals surface area contributed by atoms with E-state index in [0.29, 0.717) is 16.1 Å². The van der Waals surface area contributed by atoms with Crippen LogP contribution in [0.3, 0.4) is 0 Å². The lowest BCUT2D eigenvalue weighted by Crippen LogP contribution is -2.04. The summed E-state index contributed by atoms with van der Waals surface area (Å²) >= 11 is 1.42. The number of pyridine rings is 1. The van der Waals surface area contributed by atoms with Crippen molar-refractivity contribution < 1.29 is 9.90 Å². The van der Waals surface area contributed by atoms with Crippen LogP contribution in [0.4, 0.5) is 0 Å². The first-order valence-electron chi connectivity index (χ1n) is 6.13. The average molecular weight is 284 g/mol. The molecular weight excluding hydrogens is 272 g/mol. The molecule has 0 radical (unpaired) electrons. The summed E-state index contributed by atoms with van der Waals surface area (Å²) in [6, 6.07) is 7.46. The van der Waals surface area contributed by atoms with Crippen LogP contribution < -0.4 is 0 Å². The van der Waals surface area contributed by atoms with Crippen molar-refractivity contribution in [3.8, 4) is 10.6 Å². The van der Waals surface area contributed by atoms with Gasteiger partial charge in [0.1, 0.15) is 15.4 Å². The standard InChI is InChI=1S/C15H12N2O2S/c1-8-5-6-9(2)12(15(18)19)11(8)14-17-10-4-3-7-16-13(10)20-14/h3-7H,1-2H3,(H,18,19). The first-order chi connectivity index (χ1) is 9.58. The van der Waals surface area contributed by atoms with Gasteiger partial charge in [-0.25, -0.2) is 14.8 Å². The van der Waals surface area contributed by atoms with Crippen molar-refractivity contribution in [3.63, 3.8) is 0 Å². The molecule has 0 aliphatic rings. The second-order valence-corrected chi connectivity index (χ2v) is 5.58. The molecule has 20 heavy (non-hydrogen) atoms. The van der Waals surface area contributed by atoms with Crippen LogP contribution in [0.1, 0.15) is 21.5 Å². The van der Waals surface area contributed by atoms with Crippen molar-refractivity contribution in [1.29, 1.82) is 0 Å². The Morgan fingerprint density at radius 3 is 2.65 bits per heavy atom. The van der Waals surface area contributed by atoms with Crippen molar-refractivity contribution in [2.45, 2.75) is 13.8 Å². The topological polar surface area (TPSA) is 63.1 Å². The Hall–Kier alpha value is -2.27. The Labute approximate surface area is 119 Å². The molecule has 2 aromatic heterocycles. The fourth-order valence-corrected chi connectivity index (χ4v) is 3.26. The molecule has 3 rings (SSSR count). The molecule has 100 valence electrons. The molecule has 0 atom stereocenters. The third-order valence-electron chi connectivity index (χ3n) is 3.22. The van der Waals surface area contributed by atoms with E-state index in [1.807, 2.05) is 31.2 Å². The van der Waals surface area contributed by atoms with Crippen LogP contribution in [-0.2, 0) is 0 Å². The maximum atomic E-state index is 11.5. The maximum absolute atomic E-state index is 11.5. The van der Waals surface area contributed by atoms with E-state index in [1.54, 1.807) is 13.1 Å². The minimum atomic E-state index is -0.923. The number of carbonyl (C=O) groups is 1. The number of aromatic carboxylic acids is 1. The molecule has 0 aliphatic heterocycles. The highest BCUT2D eigenvalue weighted by atomic mass is 32.1. The van der Waals surface area contributed by atoms with Crippen LogP contribution in [0.25, 0.3) is 20.9 Å². The third kappa shape index (κ3) is 1.96. The molecule has 0 amide bonds. The highest BCUT2D eigenvalue weighted by Gasteiger charge is 2.19. The van der Waals surface area contributed by atoms with E-state index in [-0.39, 0.29) is 0 Å². The Balaban J connectivity index is 2.33. The van der Waals surface area contributed by atoms with Crippen LogP contribution in [0.2, 0.25) is 0 Å². The number of nitrogens with zero attached hydrogens (tertiary/aromatic N) is 2. The zero-order valence-corrected chi connectivity index (χ0v) is 11.9. The van der Waals surface area contributed by atoms with Gasteiger partial charge in [0.05, 0.1) is 5.56 Å². The first kappa shape index (κ1) is 12.7. The van der Waals surface area contributed by atoms with Crippen molar-refractivity contribution in [2.24, 2.45) is 0 Å². The Kier molecular flexibility index (Phi) is 2.99. The van der Waals surface area contributed by atoms with Gasteiger partial charge in [-0.3, -0.25) is 0 Å². The largest absolute Gasteiger partial charge is 0.478 e. The molecule has 5 heteroatoms. The number of carboxylic acid groups (broad SMARTS) is 1. The number of aromatic nitrogens is 2. The van der Waals surface area contributed by atoms with E-state index in [1.165, 1.54) is 11.3 Å². The summed E-state index contributed by atoms with van der Waals surface area (Å²) < 4.78 is 0. The van der Waals surface area contributed by atoms with Crippen LogP contribution in [0.5, 0.6) is 0 Å². The van der Waals surface area contributed by atoms with E-state index in [9.17, 15) is 9.90 Å². The summed E-state index contributed by atoms with van der Waals surface area (Å²) in [6.45, 7) is 3.71. The summed E-state index contributed by atoms with van der Waals surface area (Å²) in [6.07, 6.45) is 1.71. The Morgan fingerprint density at radius 1 is 1.20 bits per heavy atom. The molecule has 3 aromatic rings. The van der Waals surface area contributed by atoms with E-state index in [2.05, 4.69) is 9.97 Å². The number of hydrogen-bond acceptors (Lipinski definition) is 4. The quantitative estimate of drug-likeness (QED) is 0.779. The fraction of sp³-hybridized carbons (Fsp3) is 0.133.